The second kappa shape index (κ2) is 8.88. The summed E-state index contributed by atoms with van der Waals surface area (Å²) in [6.45, 7) is 8.04. The molecule has 11 heteroatoms. The monoisotopic (exact) mass is 443 g/mol. The number of hydrogen-bond acceptors (Lipinski definition) is 8. The summed E-state index contributed by atoms with van der Waals surface area (Å²) in [5.41, 5.74) is 7.45. The molecule has 31 heavy (non-hydrogen) atoms. The molecule has 0 spiro atoms. The number of aromatic nitrogens is 6. The number of aryl methyl sites for hydroxylation is 2. The molecule has 0 atom stereocenters. The Bertz CT molecular complexity index is 1240. The van der Waals surface area contributed by atoms with Gasteiger partial charge in [0.2, 0.25) is 5.16 Å². The van der Waals surface area contributed by atoms with E-state index in [1.54, 1.807) is 4.68 Å². The van der Waals surface area contributed by atoms with Gasteiger partial charge in [0.05, 0.1) is 11.4 Å². The predicted octanol–water partition coefficient (Wildman–Crippen LogP) is 1.35. The molecule has 0 amide bonds. The van der Waals surface area contributed by atoms with Gasteiger partial charge >= 0.3 is 5.69 Å². The van der Waals surface area contributed by atoms with Crippen molar-refractivity contribution in [3.63, 3.8) is 0 Å². The van der Waals surface area contributed by atoms with Crippen LogP contribution in [0.25, 0.3) is 5.69 Å². The summed E-state index contributed by atoms with van der Waals surface area (Å²) in [7, 11) is 1.34. The van der Waals surface area contributed by atoms with Crippen LogP contribution in [0.15, 0.2) is 32.9 Å². The van der Waals surface area contributed by atoms with Crippen LogP contribution in [0.3, 0.4) is 0 Å². The van der Waals surface area contributed by atoms with Crippen molar-refractivity contribution in [3.8, 4) is 5.69 Å². The summed E-state index contributed by atoms with van der Waals surface area (Å²) in [4.78, 5) is 38.0. The number of carbonyl (C=O) groups is 1. The van der Waals surface area contributed by atoms with Gasteiger partial charge in [0.1, 0.15) is 11.4 Å². The van der Waals surface area contributed by atoms with Crippen LogP contribution in [-0.4, -0.2) is 40.9 Å². The molecule has 0 unspecified atom stereocenters. The second-order valence-electron chi connectivity index (χ2n) is 7.74. The fraction of sp³-hybridized carbons (Fsp3) is 0.400. The minimum atomic E-state index is -0.706. The Kier molecular flexibility index (Phi) is 6.44. The normalized spacial score (nSPS) is 11.3. The van der Waals surface area contributed by atoms with E-state index in [1.165, 1.54) is 11.6 Å². The molecule has 164 valence electrons. The highest BCUT2D eigenvalue weighted by molar-refractivity contribution is 7.99. The number of rotatable bonds is 7. The molecule has 0 saturated heterocycles. The molecule has 2 aromatic heterocycles. The zero-order valence-electron chi connectivity index (χ0n) is 18.1. The fourth-order valence-electron chi connectivity index (χ4n) is 3.34. The van der Waals surface area contributed by atoms with Gasteiger partial charge in [-0.2, -0.15) is 4.68 Å². The van der Waals surface area contributed by atoms with E-state index in [1.807, 2.05) is 45.9 Å². The molecule has 0 fully saturated rings. The van der Waals surface area contributed by atoms with Gasteiger partial charge in [-0.15, -0.1) is 5.10 Å². The quantitative estimate of drug-likeness (QED) is 0.428. The number of thioether (sulfide) groups is 1. The lowest BCUT2D eigenvalue weighted by atomic mass is 10.1. The predicted molar refractivity (Wildman–Crippen MR) is 119 cm³/mol. The molecule has 0 saturated carbocycles. The van der Waals surface area contributed by atoms with E-state index in [0.29, 0.717) is 11.7 Å². The van der Waals surface area contributed by atoms with Crippen LogP contribution in [0.5, 0.6) is 0 Å². The molecular weight excluding hydrogens is 418 g/mol. The van der Waals surface area contributed by atoms with E-state index in [-0.39, 0.29) is 23.1 Å². The summed E-state index contributed by atoms with van der Waals surface area (Å²) < 4.78 is 3.76. The maximum atomic E-state index is 13.0. The maximum Gasteiger partial charge on any atom is 0.332 e. The Morgan fingerprint density at radius 3 is 2.45 bits per heavy atom. The van der Waals surface area contributed by atoms with E-state index >= 15 is 0 Å². The number of hydrogen-bond donors (Lipinski definition) is 1. The zero-order valence-corrected chi connectivity index (χ0v) is 18.9. The average Bonchev–Trinajstić information content (AvgIpc) is 3.16. The zero-order chi connectivity index (χ0) is 22.9. The van der Waals surface area contributed by atoms with E-state index in [0.717, 1.165) is 33.1 Å². The Balaban J connectivity index is 1.93. The third-order valence-corrected chi connectivity index (χ3v) is 5.75. The lowest BCUT2D eigenvalue weighted by Gasteiger charge is -2.16. The van der Waals surface area contributed by atoms with E-state index in [9.17, 15) is 14.4 Å². The highest BCUT2D eigenvalue weighted by atomic mass is 32.2. The topological polar surface area (TPSA) is 131 Å². The summed E-state index contributed by atoms with van der Waals surface area (Å²) in [6, 6.07) is 5.84. The molecule has 1 aromatic carbocycles. The Hall–Kier alpha value is -3.21. The number of benzene rings is 1. The lowest BCUT2D eigenvalue weighted by molar-refractivity contribution is 0.102. The number of nitrogens with zero attached hydrogens (tertiary/aromatic N) is 6. The number of nitrogens with two attached hydrogens (primary N) is 1. The van der Waals surface area contributed by atoms with Gasteiger partial charge in [-0.25, -0.2) is 4.79 Å². The van der Waals surface area contributed by atoms with Crippen molar-refractivity contribution in [1.82, 2.24) is 29.3 Å². The summed E-state index contributed by atoms with van der Waals surface area (Å²) in [5, 5.41) is 12.2. The first-order chi connectivity index (χ1) is 14.6. The van der Waals surface area contributed by atoms with Crippen LogP contribution >= 0.6 is 11.8 Å². The maximum absolute atomic E-state index is 13.0. The first kappa shape index (κ1) is 22.5. The molecule has 0 aliphatic carbocycles. The Morgan fingerprint density at radius 2 is 1.84 bits per heavy atom. The minimum Gasteiger partial charge on any atom is -0.384 e. The van der Waals surface area contributed by atoms with Crippen molar-refractivity contribution in [2.45, 2.75) is 39.4 Å². The van der Waals surface area contributed by atoms with Gasteiger partial charge < -0.3 is 5.73 Å². The highest BCUT2D eigenvalue weighted by Gasteiger charge is 2.23. The van der Waals surface area contributed by atoms with E-state index in [2.05, 4.69) is 15.5 Å². The summed E-state index contributed by atoms with van der Waals surface area (Å²) in [5.74, 6) is -0.597. The van der Waals surface area contributed by atoms with Crippen LogP contribution in [0, 0.1) is 19.8 Å². The number of ketones is 1. The van der Waals surface area contributed by atoms with E-state index < -0.39 is 17.0 Å². The van der Waals surface area contributed by atoms with Crippen molar-refractivity contribution >= 4 is 23.4 Å². The smallest absolute Gasteiger partial charge is 0.332 e. The minimum absolute atomic E-state index is 0.107. The van der Waals surface area contributed by atoms with E-state index in [4.69, 9.17) is 5.73 Å². The molecule has 10 nitrogen and oxygen atoms in total. The largest absolute Gasteiger partial charge is 0.384 e. The number of nitrogen functional groups attached to an aromatic ring is 1. The van der Waals surface area contributed by atoms with Crippen molar-refractivity contribution in [2.75, 3.05) is 11.5 Å². The third-order valence-electron chi connectivity index (χ3n) is 4.83. The van der Waals surface area contributed by atoms with Crippen molar-refractivity contribution in [3.05, 3.63) is 55.7 Å². The first-order valence-electron chi connectivity index (χ1n) is 9.73. The van der Waals surface area contributed by atoms with Gasteiger partial charge in [0.25, 0.3) is 5.56 Å². The molecule has 3 aromatic rings. The van der Waals surface area contributed by atoms with Gasteiger partial charge in [-0.1, -0.05) is 43.8 Å². The first-order valence-corrected chi connectivity index (χ1v) is 10.7. The molecule has 0 aliphatic heterocycles. The molecule has 2 N–H and O–H groups in total. The molecular formula is C20H25N7O3S. The highest BCUT2D eigenvalue weighted by Crippen LogP contribution is 2.24. The summed E-state index contributed by atoms with van der Waals surface area (Å²) >= 11 is 1.10. The van der Waals surface area contributed by atoms with Gasteiger partial charge in [0, 0.05) is 13.6 Å². The molecule has 0 bridgehead atoms. The number of tetrazole rings is 1. The van der Waals surface area contributed by atoms with Gasteiger partial charge in [-0.3, -0.25) is 18.7 Å². The third kappa shape index (κ3) is 4.31. The van der Waals surface area contributed by atoms with Crippen molar-refractivity contribution in [2.24, 2.45) is 13.0 Å². The molecule has 0 aliphatic rings. The van der Waals surface area contributed by atoms with Gasteiger partial charge in [0.15, 0.2) is 5.78 Å². The van der Waals surface area contributed by atoms with Crippen LogP contribution < -0.4 is 17.0 Å². The van der Waals surface area contributed by atoms with Crippen LogP contribution in [0.1, 0.15) is 35.3 Å². The number of Topliss-reactive ketones (excluding diaryl/α,β-unsaturated/α-hetero) is 1. The van der Waals surface area contributed by atoms with Crippen molar-refractivity contribution < 1.29 is 4.79 Å². The van der Waals surface area contributed by atoms with Crippen LogP contribution in [0.2, 0.25) is 0 Å². The number of anilines is 1. The standard InChI is InChI=1S/C20H25N7O3S/c1-11(2)9-26-17(21)15(18(29)25(5)20(26)30)14(28)10-31-19-22-23-24-27(19)16-12(3)7-6-8-13(16)4/h6-8,11H,9-10,21H2,1-5H3. The van der Waals surface area contributed by atoms with Crippen molar-refractivity contribution in [1.29, 1.82) is 0 Å². The fourth-order valence-corrected chi connectivity index (χ4v) is 4.09. The Labute approximate surface area is 183 Å². The lowest BCUT2D eigenvalue weighted by Crippen LogP contribution is -2.43. The van der Waals surface area contributed by atoms with Crippen LogP contribution in [-0.2, 0) is 13.6 Å². The SMILES string of the molecule is Cc1cccc(C)c1-n1nnnc1SCC(=O)c1c(N)n(CC(C)C)c(=O)n(C)c1=O. The Morgan fingerprint density at radius 1 is 1.19 bits per heavy atom. The molecule has 0 radical (unpaired) electrons. The second-order valence-corrected chi connectivity index (χ2v) is 8.68. The summed E-state index contributed by atoms with van der Waals surface area (Å²) in [6.07, 6.45) is 0. The molecule has 3 rings (SSSR count). The number of carbonyl (C=O) groups excluding carboxylic acids is 1. The average molecular weight is 444 g/mol. The van der Waals surface area contributed by atoms with Crippen LogP contribution in [0.4, 0.5) is 5.82 Å². The molecule has 2 heterocycles. The number of para-hydroxylation sites is 1. The van der Waals surface area contributed by atoms with Gasteiger partial charge in [-0.05, 0) is 41.3 Å².